The van der Waals surface area contributed by atoms with E-state index >= 15 is 0 Å². The summed E-state index contributed by atoms with van der Waals surface area (Å²) in [6.45, 7) is 8.14. The van der Waals surface area contributed by atoms with E-state index in [0.717, 1.165) is 40.2 Å². The van der Waals surface area contributed by atoms with Crippen molar-refractivity contribution in [3.8, 4) is 11.5 Å². The van der Waals surface area contributed by atoms with E-state index in [4.69, 9.17) is 23.7 Å². The zero-order valence-electron chi connectivity index (χ0n) is 28.6. The van der Waals surface area contributed by atoms with E-state index in [9.17, 15) is 14.7 Å². The molecule has 0 saturated carbocycles. The van der Waals surface area contributed by atoms with Gasteiger partial charge >= 0.3 is 6.09 Å². The smallest absolute Gasteiger partial charge is 0.410 e. The standard InChI is InChI=1S/C38H50N2O8/c1-38(2,3)48-37(43)40-20-18-33(35(25-40)47-27-36(42)39-24-30-11-6-5-10-28(30)19-21-41)29-14-16-32(17-15-29)46-23-9-22-45-26-31-12-7-8-13-34(31)44-4/h5-8,10-17,33,35,41H,9,18-27H2,1-4H3,(H,39,42). The van der Waals surface area contributed by atoms with Gasteiger partial charge in [0.2, 0.25) is 5.91 Å². The third-order valence-corrected chi connectivity index (χ3v) is 8.07. The first-order chi connectivity index (χ1) is 23.2. The van der Waals surface area contributed by atoms with Gasteiger partial charge in [-0.1, -0.05) is 54.6 Å². The summed E-state index contributed by atoms with van der Waals surface area (Å²) < 4.78 is 29.0. The van der Waals surface area contributed by atoms with Crippen molar-refractivity contribution in [1.29, 1.82) is 0 Å². The van der Waals surface area contributed by atoms with Crippen LogP contribution in [-0.4, -0.2) is 80.3 Å². The molecule has 48 heavy (non-hydrogen) atoms. The summed E-state index contributed by atoms with van der Waals surface area (Å²) in [4.78, 5) is 27.4. The molecule has 4 rings (SSSR count). The van der Waals surface area contributed by atoms with Crippen LogP contribution in [0.3, 0.4) is 0 Å². The molecule has 3 aromatic rings. The molecule has 0 radical (unpaired) electrons. The largest absolute Gasteiger partial charge is 0.496 e. The van der Waals surface area contributed by atoms with Gasteiger partial charge in [-0.05, 0) is 68.5 Å². The number of nitrogens with zero attached hydrogens (tertiary/aromatic N) is 1. The summed E-state index contributed by atoms with van der Waals surface area (Å²) in [5.74, 6) is 1.29. The number of benzene rings is 3. The third kappa shape index (κ3) is 11.5. The van der Waals surface area contributed by atoms with Gasteiger partial charge in [-0.2, -0.15) is 0 Å². The third-order valence-electron chi connectivity index (χ3n) is 8.07. The molecule has 2 atom stereocenters. The fourth-order valence-corrected chi connectivity index (χ4v) is 5.65. The van der Waals surface area contributed by atoms with Crippen LogP contribution in [0.2, 0.25) is 0 Å². The van der Waals surface area contributed by atoms with Crippen molar-refractivity contribution in [2.24, 2.45) is 0 Å². The second-order valence-corrected chi connectivity index (χ2v) is 12.8. The van der Waals surface area contributed by atoms with Crippen molar-refractivity contribution in [2.45, 2.75) is 70.8 Å². The molecule has 1 fully saturated rings. The van der Waals surface area contributed by atoms with Crippen LogP contribution >= 0.6 is 0 Å². The zero-order chi connectivity index (χ0) is 34.4. The molecular weight excluding hydrogens is 612 g/mol. The number of aliphatic hydroxyl groups is 1. The SMILES string of the molecule is COc1ccccc1COCCCOc1ccc(C2CCN(C(=O)OC(C)(C)C)CC2OCC(=O)NCc2ccccc2CCO)cc1. The van der Waals surface area contributed by atoms with Gasteiger partial charge < -0.3 is 39.0 Å². The Kier molecular flexibility index (Phi) is 14.1. The van der Waals surface area contributed by atoms with Crippen molar-refractivity contribution in [1.82, 2.24) is 10.2 Å². The van der Waals surface area contributed by atoms with Crippen LogP contribution in [0.5, 0.6) is 11.5 Å². The van der Waals surface area contributed by atoms with Gasteiger partial charge in [0.15, 0.2) is 0 Å². The summed E-state index contributed by atoms with van der Waals surface area (Å²) in [6.07, 6.45) is 1.12. The molecule has 260 valence electrons. The lowest BCUT2D eigenvalue weighted by Crippen LogP contribution is -2.49. The van der Waals surface area contributed by atoms with Crippen LogP contribution in [0.15, 0.2) is 72.8 Å². The zero-order valence-corrected chi connectivity index (χ0v) is 28.6. The van der Waals surface area contributed by atoms with Crippen LogP contribution in [0.1, 0.15) is 61.8 Å². The number of aliphatic hydroxyl groups excluding tert-OH is 1. The van der Waals surface area contributed by atoms with E-state index in [-0.39, 0.29) is 25.0 Å². The first kappa shape index (κ1) is 36.7. The molecule has 0 spiro atoms. The van der Waals surface area contributed by atoms with Gasteiger partial charge in [-0.25, -0.2) is 4.79 Å². The minimum atomic E-state index is -0.617. The van der Waals surface area contributed by atoms with Crippen LogP contribution in [0.25, 0.3) is 0 Å². The number of carbonyl (C=O) groups is 2. The maximum Gasteiger partial charge on any atom is 0.410 e. The highest BCUT2D eigenvalue weighted by molar-refractivity contribution is 5.77. The van der Waals surface area contributed by atoms with Gasteiger partial charge in [0.25, 0.3) is 0 Å². The second-order valence-electron chi connectivity index (χ2n) is 12.8. The Morgan fingerprint density at radius 1 is 0.938 bits per heavy atom. The van der Waals surface area contributed by atoms with Gasteiger partial charge in [0.05, 0.1) is 39.6 Å². The molecule has 1 aliphatic rings. The molecular formula is C38H50N2O8. The average Bonchev–Trinajstić information content (AvgIpc) is 3.08. The highest BCUT2D eigenvalue weighted by atomic mass is 16.6. The topological polar surface area (TPSA) is 116 Å². The minimum absolute atomic E-state index is 0.0285. The number of nitrogens with one attached hydrogen (secondary N) is 1. The maximum atomic E-state index is 12.9. The number of rotatable bonds is 16. The van der Waals surface area contributed by atoms with Gasteiger partial charge in [0, 0.05) is 37.6 Å². The number of piperidine rings is 1. The van der Waals surface area contributed by atoms with Crippen molar-refractivity contribution in [2.75, 3.05) is 46.6 Å². The number of para-hydroxylation sites is 1. The molecule has 10 heteroatoms. The van der Waals surface area contributed by atoms with Crippen molar-refractivity contribution >= 4 is 12.0 Å². The van der Waals surface area contributed by atoms with E-state index < -0.39 is 17.8 Å². The summed E-state index contributed by atoms with van der Waals surface area (Å²) in [7, 11) is 1.65. The Balaban J connectivity index is 1.30. The number of carbonyl (C=O) groups excluding carboxylic acids is 2. The van der Waals surface area contributed by atoms with Crippen molar-refractivity contribution in [3.05, 3.63) is 95.1 Å². The summed E-state index contributed by atoms with van der Waals surface area (Å²) >= 11 is 0. The predicted octanol–water partition coefficient (Wildman–Crippen LogP) is 5.64. The molecule has 1 aliphatic heterocycles. The Labute approximate surface area is 284 Å². The number of likely N-dealkylation sites (tertiary alicyclic amines) is 1. The maximum absolute atomic E-state index is 12.9. The molecule has 2 N–H and O–H groups in total. The molecule has 0 aromatic heterocycles. The van der Waals surface area contributed by atoms with E-state index in [1.54, 1.807) is 12.0 Å². The fourth-order valence-electron chi connectivity index (χ4n) is 5.65. The average molecular weight is 663 g/mol. The Bertz CT molecular complexity index is 1440. The Hall–Kier alpha value is -4.12. The summed E-state index contributed by atoms with van der Waals surface area (Å²) in [6, 6.07) is 23.5. The van der Waals surface area contributed by atoms with Gasteiger partial charge in [-0.15, -0.1) is 0 Å². The molecule has 2 amide bonds. The molecule has 10 nitrogen and oxygen atoms in total. The summed E-state index contributed by atoms with van der Waals surface area (Å²) in [5, 5.41) is 12.3. The lowest BCUT2D eigenvalue weighted by Gasteiger charge is -2.39. The van der Waals surface area contributed by atoms with Crippen LogP contribution in [0.4, 0.5) is 4.79 Å². The molecule has 0 aliphatic carbocycles. The number of amides is 2. The quantitative estimate of drug-likeness (QED) is 0.190. The number of hydrogen-bond donors (Lipinski definition) is 2. The predicted molar refractivity (Wildman–Crippen MR) is 183 cm³/mol. The molecule has 0 bridgehead atoms. The lowest BCUT2D eigenvalue weighted by atomic mass is 9.87. The second kappa shape index (κ2) is 18.4. The van der Waals surface area contributed by atoms with E-state index in [1.807, 2.05) is 93.6 Å². The molecule has 3 aromatic carbocycles. The van der Waals surface area contributed by atoms with E-state index in [2.05, 4.69) is 5.32 Å². The van der Waals surface area contributed by atoms with Crippen molar-refractivity contribution in [3.63, 3.8) is 0 Å². The Morgan fingerprint density at radius 2 is 1.65 bits per heavy atom. The van der Waals surface area contributed by atoms with Crippen LogP contribution in [0, 0.1) is 0 Å². The highest BCUT2D eigenvalue weighted by Crippen LogP contribution is 2.32. The normalized spacial score (nSPS) is 16.3. The summed E-state index contributed by atoms with van der Waals surface area (Å²) in [5.41, 5.74) is 3.39. The minimum Gasteiger partial charge on any atom is -0.496 e. The molecule has 2 unspecified atom stereocenters. The lowest BCUT2D eigenvalue weighted by molar-refractivity contribution is -0.129. The van der Waals surface area contributed by atoms with Gasteiger partial charge in [-0.3, -0.25) is 4.79 Å². The number of methoxy groups -OCH3 is 1. The van der Waals surface area contributed by atoms with Crippen LogP contribution in [-0.2, 0) is 38.6 Å². The van der Waals surface area contributed by atoms with Gasteiger partial charge in [0.1, 0.15) is 23.7 Å². The molecule has 1 saturated heterocycles. The number of ether oxygens (including phenoxy) is 5. The molecule has 1 heterocycles. The fraction of sp³-hybridized carbons (Fsp3) is 0.474. The highest BCUT2D eigenvalue weighted by Gasteiger charge is 2.35. The Morgan fingerprint density at radius 3 is 2.35 bits per heavy atom. The first-order valence-electron chi connectivity index (χ1n) is 16.6. The monoisotopic (exact) mass is 662 g/mol. The number of hydrogen-bond acceptors (Lipinski definition) is 8. The van der Waals surface area contributed by atoms with E-state index in [0.29, 0.717) is 52.3 Å². The first-order valence-corrected chi connectivity index (χ1v) is 16.6. The van der Waals surface area contributed by atoms with Crippen molar-refractivity contribution < 1.29 is 38.4 Å². The van der Waals surface area contributed by atoms with E-state index in [1.165, 1.54) is 0 Å². The van der Waals surface area contributed by atoms with Crippen LogP contribution < -0.4 is 14.8 Å².